The summed E-state index contributed by atoms with van der Waals surface area (Å²) in [5, 5.41) is 12.4. The first-order valence-electron chi connectivity index (χ1n) is 7.34. The number of carbonyl (C=O) groups excluding carboxylic acids is 1. The van der Waals surface area contributed by atoms with Gasteiger partial charge in [0, 0.05) is 17.2 Å². The molecule has 3 aromatic rings. The fraction of sp³-hybridized carbons (Fsp3) is 0. The third-order valence-electron chi connectivity index (χ3n) is 3.74. The van der Waals surface area contributed by atoms with Gasteiger partial charge in [-0.15, -0.1) is 0 Å². The van der Waals surface area contributed by atoms with E-state index in [4.69, 9.17) is 0 Å². The molecule has 0 aliphatic rings. The van der Waals surface area contributed by atoms with E-state index in [2.05, 4.69) is 6.58 Å². The number of benzene rings is 3. The standard InChI is InChI=1S/C21H16O2/c1-2-15-7-9-17(10-8-15)20(22)14-21(23)19-12-11-16-5-3-4-6-18(16)13-19/h2-14,23H,1H2. The molecule has 0 spiro atoms. The second-order valence-electron chi connectivity index (χ2n) is 5.28. The number of aliphatic hydroxyl groups is 1. The molecule has 23 heavy (non-hydrogen) atoms. The molecule has 0 aliphatic heterocycles. The van der Waals surface area contributed by atoms with Crippen molar-refractivity contribution in [3.63, 3.8) is 0 Å². The number of allylic oxidation sites excluding steroid dienone is 1. The van der Waals surface area contributed by atoms with E-state index < -0.39 is 0 Å². The van der Waals surface area contributed by atoms with Crippen molar-refractivity contribution in [3.05, 3.63) is 96.1 Å². The Bertz CT molecular complexity index is 903. The Kier molecular flexibility index (Phi) is 4.07. The van der Waals surface area contributed by atoms with Gasteiger partial charge in [0.1, 0.15) is 5.76 Å². The molecular weight excluding hydrogens is 284 g/mol. The summed E-state index contributed by atoms with van der Waals surface area (Å²) in [7, 11) is 0. The van der Waals surface area contributed by atoms with Gasteiger partial charge in [0.2, 0.25) is 0 Å². The molecule has 0 radical (unpaired) electrons. The topological polar surface area (TPSA) is 37.3 Å². The Morgan fingerprint density at radius 3 is 2.22 bits per heavy atom. The van der Waals surface area contributed by atoms with Crippen LogP contribution in [0.25, 0.3) is 22.6 Å². The van der Waals surface area contributed by atoms with Crippen LogP contribution in [-0.2, 0) is 0 Å². The van der Waals surface area contributed by atoms with Crippen LogP contribution in [0.3, 0.4) is 0 Å². The largest absolute Gasteiger partial charge is 0.507 e. The lowest BCUT2D eigenvalue weighted by atomic mass is 10.0. The summed E-state index contributed by atoms with van der Waals surface area (Å²) in [6.07, 6.45) is 2.98. The van der Waals surface area contributed by atoms with Crippen LogP contribution in [0.15, 0.2) is 79.4 Å². The molecule has 0 amide bonds. The van der Waals surface area contributed by atoms with Crippen LogP contribution >= 0.6 is 0 Å². The van der Waals surface area contributed by atoms with Crippen LogP contribution in [0.4, 0.5) is 0 Å². The van der Waals surface area contributed by atoms with Crippen LogP contribution < -0.4 is 0 Å². The van der Waals surface area contributed by atoms with Gasteiger partial charge in [0.05, 0.1) is 0 Å². The highest BCUT2D eigenvalue weighted by molar-refractivity contribution is 6.08. The van der Waals surface area contributed by atoms with Crippen molar-refractivity contribution in [1.82, 2.24) is 0 Å². The molecule has 0 unspecified atom stereocenters. The molecule has 3 aromatic carbocycles. The first kappa shape index (κ1) is 14.8. The molecule has 0 aromatic heterocycles. The van der Waals surface area contributed by atoms with Gasteiger partial charge < -0.3 is 5.11 Å². The van der Waals surface area contributed by atoms with E-state index in [0.29, 0.717) is 11.1 Å². The minimum Gasteiger partial charge on any atom is -0.507 e. The molecule has 2 nitrogen and oxygen atoms in total. The Balaban J connectivity index is 1.89. The Morgan fingerprint density at radius 1 is 0.870 bits per heavy atom. The van der Waals surface area contributed by atoms with Crippen molar-refractivity contribution in [1.29, 1.82) is 0 Å². The van der Waals surface area contributed by atoms with Gasteiger partial charge in [-0.25, -0.2) is 0 Å². The summed E-state index contributed by atoms with van der Waals surface area (Å²) in [5.41, 5.74) is 2.10. The predicted molar refractivity (Wildman–Crippen MR) is 95.4 cm³/mol. The molecule has 112 valence electrons. The predicted octanol–water partition coefficient (Wildman–Crippen LogP) is 5.26. The quantitative estimate of drug-likeness (QED) is 0.405. The van der Waals surface area contributed by atoms with Crippen molar-refractivity contribution in [2.45, 2.75) is 0 Å². The van der Waals surface area contributed by atoms with Crippen LogP contribution in [0, 0.1) is 0 Å². The zero-order chi connectivity index (χ0) is 16.2. The Labute approximate surface area is 135 Å². The van der Waals surface area contributed by atoms with E-state index >= 15 is 0 Å². The van der Waals surface area contributed by atoms with E-state index in [1.807, 2.05) is 54.6 Å². The third kappa shape index (κ3) is 3.22. The molecule has 2 heteroatoms. The molecule has 0 bridgehead atoms. The highest BCUT2D eigenvalue weighted by Crippen LogP contribution is 2.20. The van der Waals surface area contributed by atoms with Gasteiger partial charge in [0.25, 0.3) is 0 Å². The number of aliphatic hydroxyl groups excluding tert-OH is 1. The first-order valence-corrected chi connectivity index (χ1v) is 7.34. The van der Waals surface area contributed by atoms with Gasteiger partial charge in [-0.3, -0.25) is 4.79 Å². The minimum atomic E-state index is -0.230. The van der Waals surface area contributed by atoms with Crippen molar-refractivity contribution in [3.8, 4) is 0 Å². The number of ketones is 1. The molecule has 0 atom stereocenters. The smallest absolute Gasteiger partial charge is 0.189 e. The number of fused-ring (bicyclic) bond motifs is 1. The summed E-state index contributed by atoms with van der Waals surface area (Å²) < 4.78 is 0. The molecule has 3 rings (SSSR count). The molecule has 0 saturated heterocycles. The molecule has 0 saturated carbocycles. The lowest BCUT2D eigenvalue weighted by Crippen LogP contribution is -1.96. The minimum absolute atomic E-state index is 0.0337. The van der Waals surface area contributed by atoms with Gasteiger partial charge >= 0.3 is 0 Å². The lowest BCUT2D eigenvalue weighted by Gasteiger charge is -2.03. The zero-order valence-electron chi connectivity index (χ0n) is 12.6. The normalized spacial score (nSPS) is 11.4. The van der Waals surface area contributed by atoms with Crippen LogP contribution in [0.2, 0.25) is 0 Å². The lowest BCUT2D eigenvalue weighted by molar-refractivity contribution is 0.104. The van der Waals surface area contributed by atoms with Gasteiger partial charge in [-0.05, 0) is 22.4 Å². The number of hydrogen-bond acceptors (Lipinski definition) is 2. The molecule has 1 N–H and O–H groups in total. The number of carbonyl (C=O) groups is 1. The van der Waals surface area contributed by atoms with E-state index in [9.17, 15) is 9.90 Å². The van der Waals surface area contributed by atoms with E-state index in [-0.39, 0.29) is 11.5 Å². The Morgan fingerprint density at radius 2 is 1.52 bits per heavy atom. The zero-order valence-corrected chi connectivity index (χ0v) is 12.6. The third-order valence-corrected chi connectivity index (χ3v) is 3.74. The highest BCUT2D eigenvalue weighted by atomic mass is 16.3. The summed E-state index contributed by atoms with van der Waals surface area (Å²) in [5.74, 6) is -0.264. The Hall–Kier alpha value is -3.13. The fourth-order valence-corrected chi connectivity index (χ4v) is 2.42. The van der Waals surface area contributed by atoms with Gasteiger partial charge in [0.15, 0.2) is 5.78 Å². The number of rotatable bonds is 4. The van der Waals surface area contributed by atoms with Gasteiger partial charge in [-0.2, -0.15) is 0 Å². The molecule has 0 heterocycles. The van der Waals surface area contributed by atoms with Crippen molar-refractivity contribution >= 4 is 28.4 Å². The highest BCUT2D eigenvalue weighted by Gasteiger charge is 2.07. The number of hydrogen-bond donors (Lipinski definition) is 1. The monoisotopic (exact) mass is 300 g/mol. The first-order chi connectivity index (χ1) is 11.2. The van der Waals surface area contributed by atoms with Crippen molar-refractivity contribution in [2.75, 3.05) is 0 Å². The maximum atomic E-state index is 12.2. The fourth-order valence-electron chi connectivity index (χ4n) is 2.42. The van der Waals surface area contributed by atoms with E-state index in [1.54, 1.807) is 18.2 Å². The van der Waals surface area contributed by atoms with Crippen LogP contribution in [0.5, 0.6) is 0 Å². The summed E-state index contributed by atoms with van der Waals surface area (Å²) in [4.78, 5) is 12.2. The van der Waals surface area contributed by atoms with Gasteiger partial charge in [-0.1, -0.05) is 73.3 Å². The summed E-state index contributed by atoms with van der Waals surface area (Å²) >= 11 is 0. The van der Waals surface area contributed by atoms with Crippen molar-refractivity contribution < 1.29 is 9.90 Å². The molecular formula is C21H16O2. The van der Waals surface area contributed by atoms with Crippen LogP contribution in [0.1, 0.15) is 21.5 Å². The van der Waals surface area contributed by atoms with E-state index in [0.717, 1.165) is 16.3 Å². The molecule has 0 fully saturated rings. The molecule has 0 aliphatic carbocycles. The van der Waals surface area contributed by atoms with Crippen LogP contribution in [-0.4, -0.2) is 10.9 Å². The maximum Gasteiger partial charge on any atom is 0.189 e. The SMILES string of the molecule is C=Cc1ccc(C(=O)C=C(O)c2ccc3ccccc3c2)cc1. The summed E-state index contributed by atoms with van der Waals surface area (Å²) in [6.45, 7) is 3.68. The average Bonchev–Trinajstić information content (AvgIpc) is 2.61. The second-order valence-corrected chi connectivity index (χ2v) is 5.28. The second kappa shape index (κ2) is 6.32. The average molecular weight is 300 g/mol. The van der Waals surface area contributed by atoms with Crippen molar-refractivity contribution in [2.24, 2.45) is 0 Å². The van der Waals surface area contributed by atoms with E-state index in [1.165, 1.54) is 6.08 Å². The summed E-state index contributed by atoms with van der Waals surface area (Å²) in [6, 6.07) is 20.6. The maximum absolute atomic E-state index is 12.2.